The summed E-state index contributed by atoms with van der Waals surface area (Å²) in [6.07, 6.45) is 0. The van der Waals surface area contributed by atoms with E-state index in [1.807, 2.05) is 0 Å². The van der Waals surface area contributed by atoms with Crippen LogP contribution in [0.5, 0.6) is 0 Å². The van der Waals surface area contributed by atoms with Crippen LogP contribution in [-0.2, 0) is 14.3 Å². The Bertz CT molecular complexity index is 1240. The van der Waals surface area contributed by atoms with Gasteiger partial charge >= 0.3 is 5.97 Å². The van der Waals surface area contributed by atoms with Gasteiger partial charge in [0.1, 0.15) is 6.04 Å². The zero-order chi connectivity index (χ0) is 26.4. The molecule has 1 heterocycles. The summed E-state index contributed by atoms with van der Waals surface area (Å²) in [5.74, 6) is -3.95. The Morgan fingerprint density at radius 1 is 0.943 bits per heavy atom. The van der Waals surface area contributed by atoms with Crippen LogP contribution in [0.3, 0.4) is 0 Å². The number of rotatable bonds is 6. The first-order valence-electron chi connectivity index (χ1n) is 9.94. The van der Waals surface area contributed by atoms with Crippen LogP contribution in [0.1, 0.15) is 40.1 Å². The van der Waals surface area contributed by atoms with E-state index in [2.05, 4.69) is 21.2 Å². The summed E-state index contributed by atoms with van der Waals surface area (Å²) in [6.45, 7) is 4.25. The van der Waals surface area contributed by atoms with Gasteiger partial charge in [0, 0.05) is 10.2 Å². The predicted molar refractivity (Wildman–Crippen MR) is 139 cm³/mol. The third kappa shape index (κ3) is 5.15. The van der Waals surface area contributed by atoms with E-state index in [1.165, 1.54) is 0 Å². The number of carbonyl (C=O) groups excluding carboxylic acids is 4. The molecule has 3 rings (SSSR count). The highest BCUT2D eigenvalue weighted by Gasteiger charge is 2.48. The zero-order valence-corrected chi connectivity index (χ0v) is 23.6. The van der Waals surface area contributed by atoms with Crippen LogP contribution >= 0.6 is 73.9 Å². The fraction of sp³-hybridized carbons (Fsp3) is 0.273. The molecule has 1 N–H and O–H groups in total. The Hall–Kier alpha value is -1.55. The quantitative estimate of drug-likeness (QED) is 0.161. The largest absolute Gasteiger partial charge is 0.454 e. The average molecular weight is 646 g/mol. The molecule has 2 aromatic carbocycles. The van der Waals surface area contributed by atoms with Crippen molar-refractivity contribution < 1.29 is 23.9 Å². The van der Waals surface area contributed by atoms with Gasteiger partial charge in [-0.05, 0) is 46.5 Å². The lowest BCUT2D eigenvalue weighted by Crippen LogP contribution is -2.49. The van der Waals surface area contributed by atoms with E-state index in [0.717, 1.165) is 0 Å². The van der Waals surface area contributed by atoms with Gasteiger partial charge in [-0.2, -0.15) is 0 Å². The molecule has 3 amide bonds. The molecule has 0 fully saturated rings. The van der Waals surface area contributed by atoms with Crippen LogP contribution in [0.25, 0.3) is 0 Å². The summed E-state index contributed by atoms with van der Waals surface area (Å²) < 4.78 is 5.81. The molecule has 1 atom stereocenters. The van der Waals surface area contributed by atoms with Crippen molar-refractivity contribution in [3.8, 4) is 0 Å². The number of nitrogens with zero attached hydrogens (tertiary/aromatic N) is 1. The standard InChI is InChI=1S/C22H16BrCl5N2O5/c1-7(2)19(22(34)35-6-11(31)29-10-5-4-9(23)14(24)8(10)3)30-20(32)12-13(21(30)33)16(26)18(28)17(27)15(12)25/h4-5,7,19H,6H2,1-3H3,(H,29,31)/t19-/m0/s1. The normalized spacial score (nSPS) is 13.8. The number of hydrogen-bond acceptors (Lipinski definition) is 5. The molecule has 0 radical (unpaired) electrons. The molecule has 0 saturated heterocycles. The van der Waals surface area contributed by atoms with Gasteiger partial charge in [0.15, 0.2) is 6.61 Å². The van der Waals surface area contributed by atoms with Crippen molar-refractivity contribution in [2.24, 2.45) is 5.92 Å². The number of amides is 3. The van der Waals surface area contributed by atoms with Crippen LogP contribution in [0, 0.1) is 12.8 Å². The maximum Gasteiger partial charge on any atom is 0.330 e. The molecule has 1 aliphatic heterocycles. The molecule has 0 bridgehead atoms. The van der Waals surface area contributed by atoms with Gasteiger partial charge in [-0.3, -0.25) is 19.3 Å². The smallest absolute Gasteiger partial charge is 0.330 e. The van der Waals surface area contributed by atoms with Crippen LogP contribution in [-0.4, -0.2) is 41.2 Å². The first kappa shape index (κ1) is 28.0. The number of imide groups is 1. The summed E-state index contributed by atoms with van der Waals surface area (Å²) in [5.41, 5.74) is 0.528. The molecule has 0 spiro atoms. The molecule has 35 heavy (non-hydrogen) atoms. The number of benzene rings is 2. The number of ether oxygens (including phenoxy) is 1. The minimum absolute atomic E-state index is 0.191. The van der Waals surface area contributed by atoms with Gasteiger partial charge in [0.2, 0.25) is 0 Å². The van der Waals surface area contributed by atoms with E-state index in [-0.39, 0.29) is 31.2 Å². The number of anilines is 1. The molecule has 0 aromatic heterocycles. The van der Waals surface area contributed by atoms with Crippen molar-refractivity contribution in [2.45, 2.75) is 26.8 Å². The van der Waals surface area contributed by atoms with E-state index in [4.69, 9.17) is 62.7 Å². The third-order valence-corrected chi connectivity index (χ3v) is 8.42. The van der Waals surface area contributed by atoms with Crippen molar-refractivity contribution in [3.05, 3.63) is 58.4 Å². The lowest BCUT2D eigenvalue weighted by molar-refractivity contribution is -0.152. The second kappa shape index (κ2) is 10.8. The summed E-state index contributed by atoms with van der Waals surface area (Å²) in [6, 6.07) is 1.91. The Labute approximate surface area is 234 Å². The fourth-order valence-electron chi connectivity index (χ4n) is 3.49. The van der Waals surface area contributed by atoms with Crippen molar-refractivity contribution in [3.63, 3.8) is 0 Å². The maximum atomic E-state index is 13.1. The van der Waals surface area contributed by atoms with Gasteiger partial charge in [-0.15, -0.1) is 0 Å². The Kier molecular flexibility index (Phi) is 8.67. The topological polar surface area (TPSA) is 92.8 Å². The van der Waals surface area contributed by atoms with Crippen molar-refractivity contribution in [1.29, 1.82) is 0 Å². The molecule has 7 nitrogen and oxygen atoms in total. The van der Waals surface area contributed by atoms with E-state index in [9.17, 15) is 19.2 Å². The fourth-order valence-corrected chi connectivity index (χ4v) is 5.10. The highest BCUT2D eigenvalue weighted by Crippen LogP contribution is 2.45. The second-order valence-electron chi connectivity index (χ2n) is 7.86. The van der Waals surface area contributed by atoms with E-state index in [0.29, 0.717) is 25.6 Å². The Morgan fingerprint density at radius 2 is 1.46 bits per heavy atom. The summed E-state index contributed by atoms with van der Waals surface area (Å²) >= 11 is 33.8. The average Bonchev–Trinajstić information content (AvgIpc) is 3.05. The summed E-state index contributed by atoms with van der Waals surface area (Å²) in [7, 11) is 0. The van der Waals surface area contributed by atoms with Crippen LogP contribution < -0.4 is 5.32 Å². The first-order chi connectivity index (χ1) is 16.3. The lowest BCUT2D eigenvalue weighted by Gasteiger charge is -2.27. The second-order valence-corrected chi connectivity index (χ2v) is 10.6. The molecular formula is C22H16BrCl5N2O5. The molecule has 0 unspecified atom stereocenters. The lowest BCUT2D eigenvalue weighted by atomic mass is 10.0. The molecule has 186 valence electrons. The SMILES string of the molecule is Cc1c(NC(=O)COC(=O)[C@H](C(C)C)N2C(=O)c3c(Cl)c(Cl)c(Cl)c(Cl)c3C2=O)ccc(Br)c1Cl. The summed E-state index contributed by atoms with van der Waals surface area (Å²) in [5, 5.41) is 2.13. The van der Waals surface area contributed by atoms with Crippen LogP contribution in [0.15, 0.2) is 16.6 Å². The van der Waals surface area contributed by atoms with Crippen LogP contribution in [0.2, 0.25) is 25.1 Å². The van der Waals surface area contributed by atoms with Gasteiger partial charge in [0.25, 0.3) is 17.7 Å². The number of fused-ring (bicyclic) bond motifs is 1. The minimum Gasteiger partial charge on any atom is -0.454 e. The van der Waals surface area contributed by atoms with Crippen molar-refractivity contribution in [2.75, 3.05) is 11.9 Å². The molecule has 1 aliphatic rings. The van der Waals surface area contributed by atoms with Gasteiger partial charge in [0.05, 0.1) is 36.2 Å². The van der Waals surface area contributed by atoms with Gasteiger partial charge in [-0.1, -0.05) is 71.9 Å². The number of hydrogen-bond donors (Lipinski definition) is 1. The minimum atomic E-state index is -1.37. The maximum absolute atomic E-state index is 13.1. The van der Waals surface area contributed by atoms with Gasteiger partial charge < -0.3 is 10.1 Å². The number of nitrogens with one attached hydrogen (secondary N) is 1. The molecule has 2 aromatic rings. The first-order valence-corrected chi connectivity index (χ1v) is 12.6. The number of esters is 1. The van der Waals surface area contributed by atoms with Crippen molar-refractivity contribution >= 4 is 103 Å². The highest BCUT2D eigenvalue weighted by atomic mass is 79.9. The predicted octanol–water partition coefficient (Wildman–Crippen LogP) is 6.83. The Morgan fingerprint density at radius 3 is 1.94 bits per heavy atom. The van der Waals surface area contributed by atoms with E-state index in [1.54, 1.807) is 32.9 Å². The molecule has 0 saturated carbocycles. The highest BCUT2D eigenvalue weighted by molar-refractivity contribution is 9.10. The zero-order valence-electron chi connectivity index (χ0n) is 18.3. The summed E-state index contributed by atoms with van der Waals surface area (Å²) in [4.78, 5) is 52.3. The van der Waals surface area contributed by atoms with Crippen molar-refractivity contribution in [1.82, 2.24) is 4.90 Å². The van der Waals surface area contributed by atoms with E-state index >= 15 is 0 Å². The van der Waals surface area contributed by atoms with E-state index < -0.39 is 42.3 Å². The molecule has 0 aliphatic carbocycles. The van der Waals surface area contributed by atoms with Gasteiger partial charge in [-0.25, -0.2) is 4.79 Å². The molecular weight excluding hydrogens is 629 g/mol. The number of carbonyl (C=O) groups is 4. The van der Waals surface area contributed by atoms with Crippen LogP contribution in [0.4, 0.5) is 5.69 Å². The molecule has 13 heteroatoms. The Balaban J connectivity index is 1.81. The monoisotopic (exact) mass is 642 g/mol. The third-order valence-electron chi connectivity index (χ3n) is 5.24. The number of halogens is 6.